The SMILES string of the molecule is Cc1cccc(-n2nc(NC(=O)C=Cc3ccccc3)cc2C)c1. The molecule has 0 saturated heterocycles. The fraction of sp³-hybridized carbons (Fsp3) is 0.100. The Bertz CT molecular complexity index is 879. The van der Waals surface area contributed by atoms with Crippen LogP contribution < -0.4 is 5.32 Å². The molecule has 0 fully saturated rings. The van der Waals surface area contributed by atoms with E-state index in [9.17, 15) is 4.79 Å². The van der Waals surface area contributed by atoms with Crippen molar-refractivity contribution in [2.45, 2.75) is 13.8 Å². The summed E-state index contributed by atoms with van der Waals surface area (Å²) in [6.07, 6.45) is 3.29. The van der Waals surface area contributed by atoms with Crippen LogP contribution in [0, 0.1) is 13.8 Å². The van der Waals surface area contributed by atoms with Gasteiger partial charge >= 0.3 is 0 Å². The van der Waals surface area contributed by atoms with Gasteiger partial charge in [0.05, 0.1) is 5.69 Å². The lowest BCUT2D eigenvalue weighted by molar-refractivity contribution is -0.111. The standard InChI is InChI=1S/C20H19N3O/c1-15-7-6-10-18(13-15)23-16(2)14-19(22-23)21-20(24)12-11-17-8-4-3-5-9-17/h3-14H,1-2H3,(H,21,22,24). The van der Waals surface area contributed by atoms with Gasteiger partial charge in [-0.25, -0.2) is 4.68 Å². The fourth-order valence-electron chi connectivity index (χ4n) is 2.46. The van der Waals surface area contributed by atoms with Crippen LogP contribution >= 0.6 is 0 Å². The third kappa shape index (κ3) is 3.79. The molecule has 4 heteroatoms. The maximum atomic E-state index is 12.0. The summed E-state index contributed by atoms with van der Waals surface area (Å²) in [5.74, 6) is 0.337. The van der Waals surface area contributed by atoms with Gasteiger partial charge in [-0.3, -0.25) is 4.79 Å². The highest BCUT2D eigenvalue weighted by molar-refractivity contribution is 6.01. The van der Waals surface area contributed by atoms with Crippen molar-refractivity contribution in [3.8, 4) is 5.69 Å². The Morgan fingerprint density at radius 1 is 1.04 bits per heavy atom. The molecular formula is C20H19N3O. The molecule has 0 aliphatic rings. The smallest absolute Gasteiger partial charge is 0.249 e. The molecule has 0 radical (unpaired) electrons. The highest BCUT2D eigenvalue weighted by atomic mass is 16.1. The molecule has 1 heterocycles. The third-order valence-electron chi connectivity index (χ3n) is 3.61. The van der Waals surface area contributed by atoms with E-state index in [2.05, 4.69) is 16.5 Å². The van der Waals surface area contributed by atoms with E-state index in [0.717, 1.165) is 16.9 Å². The van der Waals surface area contributed by atoms with E-state index in [1.165, 1.54) is 11.6 Å². The van der Waals surface area contributed by atoms with Gasteiger partial charge in [-0.05, 0) is 43.2 Å². The van der Waals surface area contributed by atoms with Crippen molar-refractivity contribution in [3.63, 3.8) is 0 Å². The molecule has 24 heavy (non-hydrogen) atoms. The Hall–Kier alpha value is -3.14. The van der Waals surface area contributed by atoms with Gasteiger partial charge in [0, 0.05) is 17.8 Å². The van der Waals surface area contributed by atoms with Crippen molar-refractivity contribution in [3.05, 3.63) is 83.6 Å². The molecule has 0 bridgehead atoms. The summed E-state index contributed by atoms with van der Waals surface area (Å²) < 4.78 is 1.82. The molecule has 3 aromatic rings. The molecule has 0 aliphatic carbocycles. The lowest BCUT2D eigenvalue weighted by Gasteiger charge is -2.04. The summed E-state index contributed by atoms with van der Waals surface area (Å²) in [5.41, 5.74) is 4.09. The van der Waals surface area contributed by atoms with Gasteiger partial charge in [0.2, 0.25) is 5.91 Å². The zero-order chi connectivity index (χ0) is 16.9. The van der Waals surface area contributed by atoms with Crippen LogP contribution in [0.3, 0.4) is 0 Å². The topological polar surface area (TPSA) is 46.9 Å². The molecule has 1 N–H and O–H groups in total. The van der Waals surface area contributed by atoms with Gasteiger partial charge in [0.1, 0.15) is 0 Å². The van der Waals surface area contributed by atoms with Crippen LogP contribution in [-0.2, 0) is 4.79 Å². The molecule has 120 valence electrons. The van der Waals surface area contributed by atoms with E-state index in [-0.39, 0.29) is 5.91 Å². The normalized spacial score (nSPS) is 10.9. The molecular weight excluding hydrogens is 298 g/mol. The van der Waals surface area contributed by atoms with E-state index in [1.54, 1.807) is 6.08 Å². The number of hydrogen-bond donors (Lipinski definition) is 1. The van der Waals surface area contributed by atoms with Crippen LogP contribution in [0.4, 0.5) is 5.82 Å². The number of rotatable bonds is 4. The maximum Gasteiger partial charge on any atom is 0.249 e. The summed E-state index contributed by atoms with van der Waals surface area (Å²) in [5, 5.41) is 7.27. The predicted molar refractivity (Wildman–Crippen MR) is 97.1 cm³/mol. The number of nitrogens with zero attached hydrogens (tertiary/aromatic N) is 2. The van der Waals surface area contributed by atoms with Crippen molar-refractivity contribution in [1.82, 2.24) is 9.78 Å². The monoisotopic (exact) mass is 317 g/mol. The molecule has 2 aromatic carbocycles. The van der Waals surface area contributed by atoms with Gasteiger partial charge < -0.3 is 5.32 Å². The largest absolute Gasteiger partial charge is 0.306 e. The lowest BCUT2D eigenvalue weighted by Crippen LogP contribution is -2.09. The van der Waals surface area contributed by atoms with Gasteiger partial charge in [0.15, 0.2) is 5.82 Å². The first-order valence-electron chi connectivity index (χ1n) is 7.80. The van der Waals surface area contributed by atoms with E-state index < -0.39 is 0 Å². The fourth-order valence-corrected chi connectivity index (χ4v) is 2.46. The Balaban J connectivity index is 1.73. The average Bonchev–Trinajstić information content (AvgIpc) is 2.94. The Labute approximate surface area is 141 Å². The molecule has 4 nitrogen and oxygen atoms in total. The van der Waals surface area contributed by atoms with Crippen molar-refractivity contribution in [1.29, 1.82) is 0 Å². The first kappa shape index (κ1) is 15.7. The Morgan fingerprint density at radius 3 is 2.58 bits per heavy atom. The van der Waals surface area contributed by atoms with Gasteiger partial charge in [-0.2, -0.15) is 0 Å². The van der Waals surface area contributed by atoms with Crippen LogP contribution in [-0.4, -0.2) is 15.7 Å². The number of anilines is 1. The number of carbonyl (C=O) groups is 1. The number of amides is 1. The quantitative estimate of drug-likeness (QED) is 0.735. The van der Waals surface area contributed by atoms with Crippen molar-refractivity contribution in [2.75, 3.05) is 5.32 Å². The van der Waals surface area contributed by atoms with E-state index in [4.69, 9.17) is 0 Å². The molecule has 0 unspecified atom stereocenters. The summed E-state index contributed by atoms with van der Waals surface area (Å²) in [4.78, 5) is 12.0. The summed E-state index contributed by atoms with van der Waals surface area (Å²) >= 11 is 0. The predicted octanol–water partition coefficient (Wildman–Crippen LogP) is 4.14. The number of aromatic nitrogens is 2. The minimum Gasteiger partial charge on any atom is -0.306 e. The van der Waals surface area contributed by atoms with Crippen LogP contribution in [0.2, 0.25) is 0 Å². The van der Waals surface area contributed by atoms with E-state index >= 15 is 0 Å². The third-order valence-corrected chi connectivity index (χ3v) is 3.61. The minimum absolute atomic E-state index is 0.201. The molecule has 0 saturated carbocycles. The van der Waals surface area contributed by atoms with Gasteiger partial charge in [-0.1, -0.05) is 42.5 Å². The van der Waals surface area contributed by atoms with Crippen molar-refractivity contribution < 1.29 is 4.79 Å². The zero-order valence-electron chi connectivity index (χ0n) is 13.7. The van der Waals surface area contributed by atoms with Gasteiger partial charge in [0.25, 0.3) is 0 Å². The minimum atomic E-state index is -0.201. The molecule has 0 atom stereocenters. The van der Waals surface area contributed by atoms with Gasteiger partial charge in [-0.15, -0.1) is 5.10 Å². The summed E-state index contributed by atoms with van der Waals surface area (Å²) in [6, 6.07) is 19.6. The zero-order valence-corrected chi connectivity index (χ0v) is 13.7. The average molecular weight is 317 g/mol. The van der Waals surface area contributed by atoms with Crippen LogP contribution in [0.15, 0.2) is 66.7 Å². The molecule has 1 amide bonds. The highest BCUT2D eigenvalue weighted by Gasteiger charge is 2.08. The number of nitrogens with one attached hydrogen (secondary N) is 1. The second kappa shape index (κ2) is 6.96. The second-order valence-electron chi connectivity index (χ2n) is 5.66. The number of hydrogen-bond acceptors (Lipinski definition) is 2. The first-order chi connectivity index (χ1) is 11.6. The molecule has 1 aromatic heterocycles. The van der Waals surface area contributed by atoms with Crippen molar-refractivity contribution in [2.24, 2.45) is 0 Å². The highest BCUT2D eigenvalue weighted by Crippen LogP contribution is 2.16. The molecule has 0 spiro atoms. The van der Waals surface area contributed by atoms with Crippen LogP contribution in [0.25, 0.3) is 11.8 Å². The van der Waals surface area contributed by atoms with E-state index in [0.29, 0.717) is 5.82 Å². The molecule has 0 aliphatic heterocycles. The van der Waals surface area contributed by atoms with E-state index in [1.807, 2.05) is 73.1 Å². The number of benzene rings is 2. The molecule has 3 rings (SSSR count). The first-order valence-corrected chi connectivity index (χ1v) is 7.80. The van der Waals surface area contributed by atoms with Crippen LogP contribution in [0.1, 0.15) is 16.8 Å². The Morgan fingerprint density at radius 2 is 1.83 bits per heavy atom. The number of carbonyl (C=O) groups excluding carboxylic acids is 1. The summed E-state index contributed by atoms with van der Waals surface area (Å²) in [7, 11) is 0. The maximum absolute atomic E-state index is 12.0. The Kier molecular flexibility index (Phi) is 4.57. The van der Waals surface area contributed by atoms with Crippen molar-refractivity contribution >= 4 is 17.8 Å². The van der Waals surface area contributed by atoms with Crippen LogP contribution in [0.5, 0.6) is 0 Å². The number of aryl methyl sites for hydroxylation is 2. The lowest BCUT2D eigenvalue weighted by atomic mass is 10.2. The summed E-state index contributed by atoms with van der Waals surface area (Å²) in [6.45, 7) is 4.00. The second-order valence-corrected chi connectivity index (χ2v) is 5.66.